The van der Waals surface area contributed by atoms with Gasteiger partial charge in [-0.3, -0.25) is 9.48 Å². The minimum absolute atomic E-state index is 0.0913. The normalized spacial score (nSPS) is 12.8. The van der Waals surface area contributed by atoms with Crippen LogP contribution in [0.5, 0.6) is 11.5 Å². The Morgan fingerprint density at radius 1 is 1.38 bits per heavy atom. The van der Waals surface area contributed by atoms with Crippen molar-refractivity contribution in [2.24, 2.45) is 0 Å². The van der Waals surface area contributed by atoms with Crippen molar-refractivity contribution >= 4 is 16.9 Å². The van der Waals surface area contributed by atoms with Crippen LogP contribution >= 0.6 is 0 Å². The van der Waals surface area contributed by atoms with E-state index in [9.17, 15) is 9.59 Å². The van der Waals surface area contributed by atoms with E-state index in [1.54, 1.807) is 10.7 Å². The highest BCUT2D eigenvalue weighted by molar-refractivity contribution is 5.91. The van der Waals surface area contributed by atoms with Crippen LogP contribution in [-0.4, -0.2) is 27.6 Å². The molecule has 110 valence electrons. The molecule has 0 aliphatic carbocycles. The predicted octanol–water partition coefficient (Wildman–Crippen LogP) is 1.62. The fourth-order valence-corrected chi connectivity index (χ4v) is 2.29. The van der Waals surface area contributed by atoms with Crippen molar-refractivity contribution in [3.05, 3.63) is 28.0 Å². The number of aryl methyl sites for hydroxylation is 1. The van der Waals surface area contributed by atoms with Crippen LogP contribution in [0, 0.1) is 0 Å². The maximum atomic E-state index is 12.2. The summed E-state index contributed by atoms with van der Waals surface area (Å²) < 4.78 is 12.1. The molecule has 1 N–H and O–H groups in total. The van der Waals surface area contributed by atoms with Gasteiger partial charge in [-0.25, -0.2) is 4.79 Å². The van der Waals surface area contributed by atoms with Crippen LogP contribution in [0.1, 0.15) is 30.3 Å². The summed E-state index contributed by atoms with van der Waals surface area (Å²) in [5.41, 5.74) is -0.524. The molecular formula is C14H14N2O5. The van der Waals surface area contributed by atoms with Gasteiger partial charge in [0, 0.05) is 12.6 Å². The number of unbranched alkanes of at least 4 members (excludes halogenated alkanes) is 1. The summed E-state index contributed by atoms with van der Waals surface area (Å²) in [7, 11) is 0. The summed E-state index contributed by atoms with van der Waals surface area (Å²) in [6, 6.07) is 3.20. The van der Waals surface area contributed by atoms with Gasteiger partial charge in [-0.1, -0.05) is 13.3 Å². The third kappa shape index (κ3) is 2.20. The van der Waals surface area contributed by atoms with Gasteiger partial charge in [-0.15, -0.1) is 0 Å². The molecule has 7 heteroatoms. The van der Waals surface area contributed by atoms with E-state index in [0.717, 1.165) is 12.8 Å². The van der Waals surface area contributed by atoms with E-state index in [4.69, 9.17) is 14.6 Å². The lowest BCUT2D eigenvalue weighted by atomic mass is 10.1. The highest BCUT2D eigenvalue weighted by Gasteiger charge is 2.21. The lowest BCUT2D eigenvalue weighted by molar-refractivity contribution is 0.0686. The highest BCUT2D eigenvalue weighted by atomic mass is 16.7. The molecule has 0 unspecified atom stereocenters. The van der Waals surface area contributed by atoms with E-state index in [1.165, 1.54) is 6.07 Å². The van der Waals surface area contributed by atoms with Crippen molar-refractivity contribution in [3.63, 3.8) is 0 Å². The first-order valence-corrected chi connectivity index (χ1v) is 6.69. The molecule has 0 spiro atoms. The Labute approximate surface area is 119 Å². The van der Waals surface area contributed by atoms with Crippen molar-refractivity contribution in [2.45, 2.75) is 26.3 Å². The molecule has 7 nitrogen and oxygen atoms in total. The monoisotopic (exact) mass is 290 g/mol. The fourth-order valence-electron chi connectivity index (χ4n) is 2.29. The molecule has 0 bridgehead atoms. The minimum Gasteiger partial charge on any atom is -0.476 e. The van der Waals surface area contributed by atoms with E-state index < -0.39 is 17.1 Å². The number of nitrogens with zero attached hydrogens (tertiary/aromatic N) is 2. The Morgan fingerprint density at radius 3 is 2.76 bits per heavy atom. The number of carbonyl (C=O) groups is 1. The van der Waals surface area contributed by atoms with Crippen molar-refractivity contribution in [1.29, 1.82) is 0 Å². The molecule has 2 aromatic rings. The first-order chi connectivity index (χ1) is 10.1. The van der Waals surface area contributed by atoms with Gasteiger partial charge in [0.1, 0.15) is 0 Å². The average Bonchev–Trinajstić information content (AvgIpc) is 2.92. The number of hydrogen-bond donors (Lipinski definition) is 1. The molecule has 0 fully saturated rings. The smallest absolute Gasteiger partial charge is 0.360 e. The molecule has 0 saturated heterocycles. The van der Waals surface area contributed by atoms with Gasteiger partial charge < -0.3 is 14.6 Å². The SMILES string of the molecule is CCCCn1nc(C(=O)O)c(=O)c2cc3c(cc21)OCO3. The molecule has 1 aliphatic heterocycles. The van der Waals surface area contributed by atoms with Gasteiger partial charge in [-0.2, -0.15) is 5.10 Å². The molecule has 1 aliphatic rings. The van der Waals surface area contributed by atoms with Gasteiger partial charge in [-0.05, 0) is 12.5 Å². The van der Waals surface area contributed by atoms with Gasteiger partial charge in [0.25, 0.3) is 0 Å². The molecule has 3 rings (SSSR count). The molecule has 0 radical (unpaired) electrons. The third-order valence-electron chi connectivity index (χ3n) is 3.38. The zero-order valence-corrected chi connectivity index (χ0v) is 11.5. The van der Waals surface area contributed by atoms with Crippen LogP contribution in [0.2, 0.25) is 0 Å². The second kappa shape index (κ2) is 5.08. The summed E-state index contributed by atoms with van der Waals surface area (Å²) in [6.45, 7) is 2.65. The van der Waals surface area contributed by atoms with E-state index in [-0.39, 0.29) is 12.2 Å². The van der Waals surface area contributed by atoms with Crippen LogP contribution < -0.4 is 14.9 Å². The fraction of sp³-hybridized carbons (Fsp3) is 0.357. The summed E-state index contributed by atoms with van der Waals surface area (Å²) in [5.74, 6) is -0.342. The van der Waals surface area contributed by atoms with E-state index in [2.05, 4.69) is 5.10 Å². The van der Waals surface area contributed by atoms with E-state index >= 15 is 0 Å². The maximum Gasteiger partial charge on any atom is 0.360 e. The first kappa shape index (κ1) is 13.4. The molecule has 0 amide bonds. The summed E-state index contributed by atoms with van der Waals surface area (Å²) in [4.78, 5) is 23.4. The van der Waals surface area contributed by atoms with Crippen LogP contribution in [0.3, 0.4) is 0 Å². The standard InChI is InChI=1S/C14H14N2O5/c1-2-3-4-16-9-6-11-10(20-7-21-11)5-8(9)13(17)12(15-16)14(18)19/h5-6H,2-4,7H2,1H3,(H,18,19). The van der Waals surface area contributed by atoms with E-state index in [0.29, 0.717) is 23.6 Å². The number of hydrogen-bond acceptors (Lipinski definition) is 5. The zero-order chi connectivity index (χ0) is 15.0. The maximum absolute atomic E-state index is 12.2. The van der Waals surface area contributed by atoms with Crippen LogP contribution in [0.4, 0.5) is 0 Å². The van der Waals surface area contributed by atoms with Crippen molar-refractivity contribution in [3.8, 4) is 11.5 Å². The first-order valence-electron chi connectivity index (χ1n) is 6.69. The number of fused-ring (bicyclic) bond motifs is 2. The predicted molar refractivity (Wildman–Crippen MR) is 74.0 cm³/mol. The molecule has 2 heterocycles. The third-order valence-corrected chi connectivity index (χ3v) is 3.38. The molecular weight excluding hydrogens is 276 g/mol. The highest BCUT2D eigenvalue weighted by Crippen LogP contribution is 2.35. The number of aromatic carboxylic acids is 1. The van der Waals surface area contributed by atoms with Gasteiger partial charge in [0.05, 0.1) is 10.9 Å². The lowest BCUT2D eigenvalue weighted by Gasteiger charge is -2.11. The van der Waals surface area contributed by atoms with Crippen molar-refractivity contribution in [1.82, 2.24) is 9.78 Å². The van der Waals surface area contributed by atoms with Gasteiger partial charge >= 0.3 is 5.97 Å². The Morgan fingerprint density at radius 2 is 2.10 bits per heavy atom. The number of benzene rings is 1. The second-order valence-corrected chi connectivity index (χ2v) is 4.78. The molecule has 0 atom stereocenters. The van der Waals surface area contributed by atoms with Gasteiger partial charge in [0.2, 0.25) is 17.9 Å². The molecule has 0 saturated carbocycles. The number of ether oxygens (including phenoxy) is 2. The van der Waals surface area contributed by atoms with Crippen molar-refractivity contribution < 1.29 is 19.4 Å². The molecule has 1 aromatic heterocycles. The van der Waals surface area contributed by atoms with Crippen LogP contribution in [0.15, 0.2) is 16.9 Å². The van der Waals surface area contributed by atoms with Gasteiger partial charge in [0.15, 0.2) is 11.5 Å². The summed E-state index contributed by atoms with van der Waals surface area (Å²) in [5, 5.41) is 13.4. The van der Waals surface area contributed by atoms with Crippen molar-refractivity contribution in [2.75, 3.05) is 6.79 Å². The lowest BCUT2D eigenvalue weighted by Crippen LogP contribution is -2.23. The second-order valence-electron chi connectivity index (χ2n) is 4.78. The van der Waals surface area contributed by atoms with E-state index in [1.807, 2.05) is 6.92 Å². The topological polar surface area (TPSA) is 90.7 Å². The Kier molecular flexibility index (Phi) is 3.25. The van der Waals surface area contributed by atoms with Crippen LogP contribution in [-0.2, 0) is 6.54 Å². The Balaban J connectivity index is 2.30. The number of carboxylic acid groups (broad SMARTS) is 1. The average molecular weight is 290 g/mol. The number of aromatic nitrogens is 2. The number of carboxylic acids is 1. The Bertz CT molecular complexity index is 781. The summed E-state index contributed by atoms with van der Waals surface area (Å²) >= 11 is 0. The summed E-state index contributed by atoms with van der Waals surface area (Å²) in [6.07, 6.45) is 1.76. The number of rotatable bonds is 4. The Hall–Kier alpha value is -2.57. The quantitative estimate of drug-likeness (QED) is 0.920. The van der Waals surface area contributed by atoms with Crippen LogP contribution in [0.25, 0.3) is 10.9 Å². The largest absolute Gasteiger partial charge is 0.476 e. The molecule has 21 heavy (non-hydrogen) atoms. The zero-order valence-electron chi connectivity index (χ0n) is 11.5. The minimum atomic E-state index is -1.33. The molecule has 1 aromatic carbocycles.